The second-order valence-electron chi connectivity index (χ2n) is 4.93. The summed E-state index contributed by atoms with van der Waals surface area (Å²) in [6, 6.07) is 2.88. The van der Waals surface area contributed by atoms with Crippen LogP contribution in [0.3, 0.4) is 0 Å². The maximum atomic E-state index is 6.34. The zero-order valence-electron chi connectivity index (χ0n) is 7.81. The minimum absolute atomic E-state index is 1.00. The fourth-order valence-corrected chi connectivity index (χ4v) is 11.3. The van der Waals surface area contributed by atoms with Crippen LogP contribution in [0.15, 0.2) is 0 Å². The van der Waals surface area contributed by atoms with Crippen molar-refractivity contribution in [2.45, 2.75) is 50.1 Å². The monoisotopic (exact) mass is 186 g/mol. The van der Waals surface area contributed by atoms with Crippen molar-refractivity contribution in [2.75, 3.05) is 0 Å². The van der Waals surface area contributed by atoms with Gasteiger partial charge in [0.1, 0.15) is 0 Å². The van der Waals surface area contributed by atoms with Gasteiger partial charge in [0.2, 0.25) is 0 Å². The number of hydrogen-bond donors (Lipinski definition) is 0. The second kappa shape index (κ2) is 2.21. The van der Waals surface area contributed by atoms with Crippen LogP contribution in [-0.4, -0.2) is 16.6 Å². The molecule has 2 aliphatic rings. The van der Waals surface area contributed by atoms with Crippen LogP contribution < -0.4 is 0 Å². The second-order valence-corrected chi connectivity index (χ2v) is 13.7. The molecule has 1 saturated carbocycles. The third-order valence-corrected chi connectivity index (χ3v) is 11.6. The lowest BCUT2D eigenvalue weighted by molar-refractivity contribution is 0.561. The van der Waals surface area contributed by atoms with E-state index in [0.29, 0.717) is 0 Å². The summed E-state index contributed by atoms with van der Waals surface area (Å²) < 4.78 is 6.34. The van der Waals surface area contributed by atoms with Crippen LogP contribution in [0.5, 0.6) is 0 Å². The highest BCUT2D eigenvalue weighted by molar-refractivity contribution is 6.91. The van der Waals surface area contributed by atoms with Gasteiger partial charge in [-0.05, 0) is 37.3 Å². The molecular formula is C8H18OSi2. The van der Waals surface area contributed by atoms with Gasteiger partial charge in [0.05, 0.1) is 0 Å². The summed E-state index contributed by atoms with van der Waals surface area (Å²) in [4.78, 5) is 0. The van der Waals surface area contributed by atoms with E-state index < -0.39 is 16.6 Å². The first-order valence-electron chi connectivity index (χ1n) is 4.72. The number of hydrogen-bond acceptors (Lipinski definition) is 1. The fourth-order valence-electron chi connectivity index (χ4n) is 1.78. The average molecular weight is 186 g/mol. The fraction of sp³-hybridized carbons (Fsp3) is 1.00. The maximum Gasteiger partial charge on any atom is 0.176 e. The molecule has 0 unspecified atom stereocenters. The van der Waals surface area contributed by atoms with E-state index in [4.69, 9.17) is 4.12 Å². The molecule has 1 aliphatic heterocycles. The quantitative estimate of drug-likeness (QED) is 0.616. The topological polar surface area (TPSA) is 9.23 Å². The van der Waals surface area contributed by atoms with Crippen LogP contribution in [-0.2, 0) is 4.12 Å². The highest BCUT2D eigenvalue weighted by atomic mass is 28.4. The van der Waals surface area contributed by atoms with Gasteiger partial charge in [-0.25, -0.2) is 0 Å². The van der Waals surface area contributed by atoms with E-state index in [1.165, 1.54) is 24.9 Å². The first kappa shape index (κ1) is 8.01. The van der Waals surface area contributed by atoms with Crippen molar-refractivity contribution in [1.82, 2.24) is 0 Å². The molecule has 3 heteroatoms. The number of rotatable bonds is 3. The Hall–Kier alpha value is 0.394. The summed E-state index contributed by atoms with van der Waals surface area (Å²) in [5.41, 5.74) is 1.02. The summed E-state index contributed by atoms with van der Waals surface area (Å²) in [5, 5.41) is 0. The Balaban J connectivity index is 1.92. The van der Waals surface area contributed by atoms with Crippen molar-refractivity contribution in [2.24, 2.45) is 0 Å². The van der Waals surface area contributed by atoms with E-state index in [9.17, 15) is 0 Å². The van der Waals surface area contributed by atoms with E-state index in [1.54, 1.807) is 0 Å². The van der Waals surface area contributed by atoms with Gasteiger partial charge >= 0.3 is 0 Å². The average Bonchev–Trinajstić information content (AvgIpc) is 2.58. The van der Waals surface area contributed by atoms with E-state index in [2.05, 4.69) is 19.6 Å². The predicted octanol–water partition coefficient (Wildman–Crippen LogP) is 2.96. The van der Waals surface area contributed by atoms with Gasteiger partial charge in [-0.3, -0.25) is 0 Å². The Morgan fingerprint density at radius 3 is 2.18 bits per heavy atom. The minimum atomic E-state index is -1.18. The van der Waals surface area contributed by atoms with Crippen LogP contribution in [0.1, 0.15) is 12.8 Å². The zero-order valence-corrected chi connectivity index (χ0v) is 9.81. The van der Waals surface area contributed by atoms with Crippen LogP contribution >= 0.6 is 0 Å². The van der Waals surface area contributed by atoms with E-state index >= 15 is 0 Å². The molecule has 1 heterocycles. The van der Waals surface area contributed by atoms with Crippen molar-refractivity contribution >= 4 is 16.6 Å². The van der Waals surface area contributed by atoms with E-state index in [0.717, 1.165) is 5.54 Å². The molecule has 2 fully saturated rings. The van der Waals surface area contributed by atoms with Crippen molar-refractivity contribution in [3.63, 3.8) is 0 Å². The van der Waals surface area contributed by atoms with E-state index in [-0.39, 0.29) is 0 Å². The van der Waals surface area contributed by atoms with Crippen molar-refractivity contribution < 1.29 is 4.12 Å². The summed E-state index contributed by atoms with van der Waals surface area (Å²) in [5.74, 6) is 0. The summed E-state index contributed by atoms with van der Waals surface area (Å²) >= 11 is 0. The summed E-state index contributed by atoms with van der Waals surface area (Å²) in [6.07, 6.45) is 2.92. The van der Waals surface area contributed by atoms with Crippen LogP contribution in [0, 0.1) is 0 Å². The molecule has 0 atom stereocenters. The van der Waals surface area contributed by atoms with Gasteiger partial charge in [-0.2, -0.15) is 0 Å². The lowest BCUT2D eigenvalue weighted by atomic mass is 11.0. The molecule has 0 N–H and O–H groups in total. The molecule has 64 valence electrons. The highest BCUT2D eigenvalue weighted by Gasteiger charge is 2.51. The Bertz CT molecular complexity index is 171. The minimum Gasteiger partial charge on any atom is -0.455 e. The molecule has 1 aliphatic carbocycles. The SMILES string of the molecule is C[Si]1(O[Si](C)(C)C2CC2)CC1. The molecule has 0 aromatic carbocycles. The molecule has 2 rings (SSSR count). The Labute approximate surface area is 71.4 Å². The summed E-state index contributed by atoms with van der Waals surface area (Å²) in [7, 11) is -2.18. The van der Waals surface area contributed by atoms with Crippen molar-refractivity contribution in [1.29, 1.82) is 0 Å². The molecular weight excluding hydrogens is 168 g/mol. The highest BCUT2D eigenvalue weighted by Crippen LogP contribution is 2.49. The largest absolute Gasteiger partial charge is 0.455 e. The molecule has 0 amide bonds. The van der Waals surface area contributed by atoms with Gasteiger partial charge in [-0.15, -0.1) is 0 Å². The van der Waals surface area contributed by atoms with Crippen LogP contribution in [0.4, 0.5) is 0 Å². The normalized spacial score (nSPS) is 28.6. The van der Waals surface area contributed by atoms with Gasteiger partial charge in [0.15, 0.2) is 16.6 Å². The molecule has 11 heavy (non-hydrogen) atoms. The van der Waals surface area contributed by atoms with Crippen LogP contribution in [0.25, 0.3) is 0 Å². The first-order valence-corrected chi connectivity index (χ1v) is 10.5. The van der Waals surface area contributed by atoms with Gasteiger partial charge in [0.25, 0.3) is 0 Å². The Morgan fingerprint density at radius 1 is 1.27 bits per heavy atom. The van der Waals surface area contributed by atoms with Gasteiger partial charge in [-0.1, -0.05) is 12.8 Å². The van der Waals surface area contributed by atoms with E-state index in [1.807, 2.05) is 0 Å². The maximum absolute atomic E-state index is 6.34. The smallest absolute Gasteiger partial charge is 0.176 e. The summed E-state index contributed by atoms with van der Waals surface area (Å²) in [6.45, 7) is 7.24. The third-order valence-electron chi connectivity index (χ3n) is 3.02. The molecule has 0 aromatic rings. The molecule has 1 nitrogen and oxygen atoms in total. The van der Waals surface area contributed by atoms with Crippen LogP contribution in [0.2, 0.25) is 37.3 Å². The first-order chi connectivity index (χ1) is 5.02. The molecule has 1 saturated heterocycles. The third kappa shape index (κ3) is 1.76. The van der Waals surface area contributed by atoms with Gasteiger partial charge in [0, 0.05) is 0 Å². The van der Waals surface area contributed by atoms with Crippen molar-refractivity contribution in [3.8, 4) is 0 Å². The molecule has 0 bridgehead atoms. The van der Waals surface area contributed by atoms with Crippen molar-refractivity contribution in [3.05, 3.63) is 0 Å². The lowest BCUT2D eigenvalue weighted by Gasteiger charge is -2.26. The van der Waals surface area contributed by atoms with Gasteiger partial charge < -0.3 is 4.12 Å². The molecule has 0 aromatic heterocycles. The Kier molecular flexibility index (Phi) is 1.61. The zero-order chi connectivity index (χ0) is 8.11. The predicted molar refractivity (Wildman–Crippen MR) is 52.8 cm³/mol. The molecule has 0 spiro atoms. The lowest BCUT2D eigenvalue weighted by Crippen LogP contribution is -2.38. The molecule has 0 radical (unpaired) electrons. The standard InChI is InChI=1S/C8H18OSi2/c1-10(2,8-4-5-8)9-11(3)6-7-11/h8H,4-7H2,1-3H3. The Morgan fingerprint density at radius 2 is 1.82 bits per heavy atom.